The minimum Gasteiger partial charge on any atom is -0.337 e. The van der Waals surface area contributed by atoms with Crippen LogP contribution in [-0.2, 0) is 4.79 Å². The van der Waals surface area contributed by atoms with Gasteiger partial charge in [-0.2, -0.15) is 0 Å². The molecule has 150 valence electrons. The van der Waals surface area contributed by atoms with Gasteiger partial charge in [-0.15, -0.1) is 12.4 Å². The fourth-order valence-corrected chi connectivity index (χ4v) is 3.17. The molecule has 1 unspecified atom stereocenters. The van der Waals surface area contributed by atoms with Gasteiger partial charge in [0, 0.05) is 31.9 Å². The standard InChI is InChI=1S/C21H26N4O2.ClH/c1-15-6-8-17(9-7-15)19(22)20(26)24-10-12-25(13-11-24)21(27)23-18-5-3-4-16(2)14-18;/h3-9,14,19H,10-13,22H2,1-2H3,(H,23,27);1H. The second kappa shape index (κ2) is 9.57. The van der Waals surface area contributed by atoms with Gasteiger partial charge in [0.25, 0.3) is 0 Å². The van der Waals surface area contributed by atoms with Crippen LogP contribution in [0.15, 0.2) is 48.5 Å². The molecule has 3 amide bonds. The number of nitrogens with two attached hydrogens (primary N) is 1. The summed E-state index contributed by atoms with van der Waals surface area (Å²) in [5.41, 5.74) is 9.96. The predicted molar refractivity (Wildman–Crippen MR) is 114 cm³/mol. The molecule has 3 rings (SSSR count). The molecule has 6 nitrogen and oxygen atoms in total. The number of piperazine rings is 1. The summed E-state index contributed by atoms with van der Waals surface area (Å²) < 4.78 is 0. The second-order valence-electron chi connectivity index (χ2n) is 7.00. The Morgan fingerprint density at radius 3 is 2.14 bits per heavy atom. The van der Waals surface area contributed by atoms with Gasteiger partial charge in [0.05, 0.1) is 0 Å². The highest BCUT2D eigenvalue weighted by Crippen LogP contribution is 2.16. The number of carbonyl (C=O) groups excluding carboxylic acids is 2. The summed E-state index contributed by atoms with van der Waals surface area (Å²) in [6.07, 6.45) is 0. The van der Waals surface area contributed by atoms with E-state index in [1.54, 1.807) is 9.80 Å². The number of anilines is 1. The van der Waals surface area contributed by atoms with Crippen molar-refractivity contribution in [1.29, 1.82) is 0 Å². The molecule has 1 saturated heterocycles. The third-order valence-corrected chi connectivity index (χ3v) is 4.85. The summed E-state index contributed by atoms with van der Waals surface area (Å²) in [5, 5.41) is 2.91. The van der Waals surface area contributed by atoms with Crippen LogP contribution in [0.25, 0.3) is 0 Å². The van der Waals surface area contributed by atoms with E-state index in [9.17, 15) is 9.59 Å². The van der Waals surface area contributed by atoms with Crippen molar-refractivity contribution in [3.05, 3.63) is 65.2 Å². The summed E-state index contributed by atoms with van der Waals surface area (Å²) in [4.78, 5) is 28.6. The van der Waals surface area contributed by atoms with Crippen LogP contribution in [0.2, 0.25) is 0 Å². The number of benzene rings is 2. The van der Waals surface area contributed by atoms with E-state index in [4.69, 9.17) is 5.73 Å². The topological polar surface area (TPSA) is 78.7 Å². The van der Waals surface area contributed by atoms with Crippen LogP contribution in [0.4, 0.5) is 10.5 Å². The van der Waals surface area contributed by atoms with Crippen LogP contribution in [0.1, 0.15) is 22.7 Å². The average Bonchev–Trinajstić information content (AvgIpc) is 2.67. The van der Waals surface area contributed by atoms with Crippen molar-refractivity contribution in [2.75, 3.05) is 31.5 Å². The van der Waals surface area contributed by atoms with E-state index in [0.29, 0.717) is 26.2 Å². The highest BCUT2D eigenvalue weighted by Gasteiger charge is 2.28. The monoisotopic (exact) mass is 402 g/mol. The molecule has 2 aromatic carbocycles. The Kier molecular flexibility index (Phi) is 7.43. The van der Waals surface area contributed by atoms with Gasteiger partial charge in [-0.1, -0.05) is 42.0 Å². The van der Waals surface area contributed by atoms with Gasteiger partial charge in [-0.3, -0.25) is 4.79 Å². The Balaban J connectivity index is 0.00000280. The fraction of sp³-hybridized carbons (Fsp3) is 0.333. The van der Waals surface area contributed by atoms with Crippen molar-refractivity contribution in [3.8, 4) is 0 Å². The molecule has 0 spiro atoms. The van der Waals surface area contributed by atoms with Crippen LogP contribution in [-0.4, -0.2) is 47.9 Å². The Labute approximate surface area is 172 Å². The number of nitrogens with one attached hydrogen (secondary N) is 1. The van der Waals surface area contributed by atoms with Crippen molar-refractivity contribution >= 4 is 30.0 Å². The van der Waals surface area contributed by atoms with Crippen molar-refractivity contribution in [1.82, 2.24) is 9.80 Å². The number of amides is 3. The molecular weight excluding hydrogens is 376 g/mol. The maximum Gasteiger partial charge on any atom is 0.321 e. The Morgan fingerprint density at radius 1 is 0.929 bits per heavy atom. The fourth-order valence-electron chi connectivity index (χ4n) is 3.17. The average molecular weight is 403 g/mol. The molecule has 28 heavy (non-hydrogen) atoms. The molecule has 0 aliphatic carbocycles. The minimum absolute atomic E-state index is 0. The first-order valence-corrected chi connectivity index (χ1v) is 9.17. The number of rotatable bonds is 3. The molecule has 0 aromatic heterocycles. The number of carbonyl (C=O) groups is 2. The van der Waals surface area contributed by atoms with Crippen molar-refractivity contribution in [2.24, 2.45) is 5.73 Å². The lowest BCUT2D eigenvalue weighted by atomic mass is 10.0. The first-order valence-electron chi connectivity index (χ1n) is 9.17. The molecule has 3 N–H and O–H groups in total. The van der Waals surface area contributed by atoms with Crippen LogP contribution in [0, 0.1) is 13.8 Å². The number of urea groups is 1. The molecule has 0 saturated carbocycles. The highest BCUT2D eigenvalue weighted by molar-refractivity contribution is 5.90. The SMILES string of the molecule is Cc1ccc(C(N)C(=O)N2CCN(C(=O)Nc3cccc(C)c3)CC2)cc1.Cl. The number of hydrogen-bond acceptors (Lipinski definition) is 3. The second-order valence-corrected chi connectivity index (χ2v) is 7.00. The van der Waals surface area contributed by atoms with E-state index in [-0.39, 0.29) is 24.3 Å². The third kappa shape index (κ3) is 5.24. The minimum atomic E-state index is -0.668. The lowest BCUT2D eigenvalue weighted by Gasteiger charge is -2.36. The maximum atomic E-state index is 12.7. The van der Waals surface area contributed by atoms with E-state index in [2.05, 4.69) is 5.32 Å². The molecule has 7 heteroatoms. The third-order valence-electron chi connectivity index (χ3n) is 4.85. The molecule has 2 aromatic rings. The Morgan fingerprint density at radius 2 is 1.54 bits per heavy atom. The zero-order chi connectivity index (χ0) is 19.4. The van der Waals surface area contributed by atoms with E-state index in [1.165, 1.54) is 0 Å². The highest BCUT2D eigenvalue weighted by atomic mass is 35.5. The summed E-state index contributed by atoms with van der Waals surface area (Å²) in [5.74, 6) is -0.0994. The van der Waals surface area contributed by atoms with Gasteiger partial charge in [-0.25, -0.2) is 4.79 Å². The van der Waals surface area contributed by atoms with E-state index in [1.807, 2.05) is 62.4 Å². The van der Waals surface area contributed by atoms with E-state index in [0.717, 1.165) is 22.4 Å². The van der Waals surface area contributed by atoms with Gasteiger partial charge in [0.2, 0.25) is 5.91 Å². The smallest absolute Gasteiger partial charge is 0.321 e. The molecule has 1 fully saturated rings. The maximum absolute atomic E-state index is 12.7. The van der Waals surface area contributed by atoms with Crippen LogP contribution in [0.5, 0.6) is 0 Å². The lowest BCUT2D eigenvalue weighted by Crippen LogP contribution is -2.53. The van der Waals surface area contributed by atoms with Gasteiger partial charge >= 0.3 is 6.03 Å². The first kappa shape index (κ1) is 21.7. The largest absolute Gasteiger partial charge is 0.337 e. The summed E-state index contributed by atoms with van der Waals surface area (Å²) in [6.45, 7) is 5.93. The van der Waals surface area contributed by atoms with E-state index >= 15 is 0 Å². The van der Waals surface area contributed by atoms with Crippen LogP contribution < -0.4 is 11.1 Å². The van der Waals surface area contributed by atoms with E-state index < -0.39 is 6.04 Å². The van der Waals surface area contributed by atoms with Crippen molar-refractivity contribution in [2.45, 2.75) is 19.9 Å². The zero-order valence-electron chi connectivity index (χ0n) is 16.2. The summed E-state index contributed by atoms with van der Waals surface area (Å²) in [6, 6.07) is 14.6. The molecular formula is C21H27ClN4O2. The van der Waals surface area contributed by atoms with Gasteiger partial charge in [0.1, 0.15) is 6.04 Å². The molecule has 1 aliphatic rings. The Bertz CT molecular complexity index is 817. The van der Waals surface area contributed by atoms with Gasteiger partial charge in [-0.05, 0) is 37.1 Å². The number of halogens is 1. The van der Waals surface area contributed by atoms with Gasteiger partial charge < -0.3 is 20.9 Å². The molecule has 0 bridgehead atoms. The zero-order valence-corrected chi connectivity index (χ0v) is 17.0. The lowest BCUT2D eigenvalue weighted by molar-refractivity contribution is -0.134. The van der Waals surface area contributed by atoms with Crippen molar-refractivity contribution < 1.29 is 9.59 Å². The van der Waals surface area contributed by atoms with Crippen molar-refractivity contribution in [3.63, 3.8) is 0 Å². The van der Waals surface area contributed by atoms with Crippen LogP contribution in [0.3, 0.4) is 0 Å². The normalized spacial score (nSPS) is 14.8. The number of hydrogen-bond donors (Lipinski definition) is 2. The molecule has 0 radical (unpaired) electrons. The summed E-state index contributed by atoms with van der Waals surface area (Å²) in [7, 11) is 0. The predicted octanol–water partition coefficient (Wildman–Crippen LogP) is 3.10. The summed E-state index contributed by atoms with van der Waals surface area (Å²) >= 11 is 0. The Hall–Kier alpha value is -2.57. The molecule has 1 aliphatic heterocycles. The number of aryl methyl sites for hydroxylation is 2. The van der Waals surface area contributed by atoms with Crippen LogP contribution >= 0.6 is 12.4 Å². The quantitative estimate of drug-likeness (QED) is 0.827. The number of nitrogens with zero attached hydrogens (tertiary/aromatic N) is 2. The molecule has 1 atom stereocenters. The first-order chi connectivity index (χ1) is 12.9. The van der Waals surface area contributed by atoms with Gasteiger partial charge in [0.15, 0.2) is 0 Å². The molecule has 1 heterocycles.